The van der Waals surface area contributed by atoms with Gasteiger partial charge < -0.3 is 4.90 Å². The fraction of sp³-hybridized carbons (Fsp3) is 1.00. The predicted molar refractivity (Wildman–Crippen MR) is 52.6 cm³/mol. The van der Waals surface area contributed by atoms with Crippen LogP contribution < -0.4 is 0 Å². The molecule has 1 aliphatic heterocycles. The number of rotatable bonds is 4. The normalized spacial score (nSPS) is 18.3. The van der Waals surface area contributed by atoms with E-state index < -0.39 is 0 Å². The van der Waals surface area contributed by atoms with Crippen molar-refractivity contribution in [3.05, 3.63) is 0 Å². The van der Waals surface area contributed by atoms with Crippen molar-refractivity contribution in [2.45, 2.75) is 35.1 Å². The highest BCUT2D eigenvalue weighted by molar-refractivity contribution is 6.59. The highest BCUT2D eigenvalue weighted by atomic mass is 27.2. The zero-order chi connectivity index (χ0) is 8.10. The van der Waals surface area contributed by atoms with E-state index in [0.717, 1.165) is 0 Å². The first kappa shape index (κ1) is 9.58. The molecule has 0 unspecified atom stereocenters. The SMILES string of the molecule is CN(C)CC[CH2][Al]1[CH2]CC[CH2]1. The molecule has 1 saturated heterocycles. The molecule has 64 valence electrons. The lowest BCUT2D eigenvalue weighted by Gasteiger charge is -2.09. The van der Waals surface area contributed by atoms with E-state index in [9.17, 15) is 0 Å². The molecule has 0 aromatic carbocycles. The second kappa shape index (κ2) is 5.19. The maximum absolute atomic E-state index is 2.31. The van der Waals surface area contributed by atoms with Crippen molar-refractivity contribution in [2.75, 3.05) is 20.6 Å². The summed E-state index contributed by atoms with van der Waals surface area (Å²) < 4.78 is 0. The van der Waals surface area contributed by atoms with Gasteiger partial charge in [-0.25, -0.2) is 0 Å². The van der Waals surface area contributed by atoms with Crippen molar-refractivity contribution in [2.24, 2.45) is 0 Å². The Labute approximate surface area is 75.2 Å². The summed E-state index contributed by atoms with van der Waals surface area (Å²) >= 11 is -0.167. The van der Waals surface area contributed by atoms with Crippen molar-refractivity contribution in [3.8, 4) is 0 Å². The van der Waals surface area contributed by atoms with E-state index in [1.807, 2.05) is 0 Å². The number of hydrogen-bond donors (Lipinski definition) is 0. The second-order valence-electron chi connectivity index (χ2n) is 4.10. The van der Waals surface area contributed by atoms with Crippen LogP contribution in [-0.4, -0.2) is 39.7 Å². The van der Waals surface area contributed by atoms with Gasteiger partial charge in [0.25, 0.3) is 14.1 Å². The van der Waals surface area contributed by atoms with Gasteiger partial charge in [0.2, 0.25) is 0 Å². The molecule has 0 N–H and O–H groups in total. The third-order valence-electron chi connectivity index (χ3n) is 2.69. The fourth-order valence-corrected chi connectivity index (χ4v) is 5.35. The summed E-state index contributed by atoms with van der Waals surface area (Å²) in [6.45, 7) is 1.31. The third kappa shape index (κ3) is 4.16. The standard InChI is InChI=1S/C5H12N.C4H8.Al/c1-4-5-6(2)3;1-3-4-2;/h1,4-5H2,2-3H3;1-4H2;. The smallest absolute Gasteiger partial charge is 0.261 e. The van der Waals surface area contributed by atoms with Crippen LogP contribution in [0.25, 0.3) is 0 Å². The molecule has 2 heteroatoms. The van der Waals surface area contributed by atoms with Gasteiger partial charge in [0, 0.05) is 0 Å². The predicted octanol–water partition coefficient (Wildman–Crippen LogP) is 2.23. The third-order valence-corrected chi connectivity index (χ3v) is 6.37. The Morgan fingerprint density at radius 1 is 1.18 bits per heavy atom. The Balaban J connectivity index is 1.94. The molecule has 1 aliphatic rings. The highest BCUT2D eigenvalue weighted by Gasteiger charge is 2.20. The molecule has 1 rings (SSSR count). The molecule has 0 atom stereocenters. The first-order chi connectivity index (χ1) is 5.29. The van der Waals surface area contributed by atoms with Crippen molar-refractivity contribution in [3.63, 3.8) is 0 Å². The van der Waals surface area contributed by atoms with Crippen LogP contribution in [0.3, 0.4) is 0 Å². The van der Waals surface area contributed by atoms with Gasteiger partial charge in [-0.1, -0.05) is 35.1 Å². The van der Waals surface area contributed by atoms with E-state index in [1.54, 1.807) is 28.7 Å². The molecule has 0 spiro atoms. The molecule has 0 aromatic heterocycles. The van der Waals surface area contributed by atoms with Gasteiger partial charge in [-0.3, -0.25) is 0 Å². The van der Waals surface area contributed by atoms with Gasteiger partial charge in [0.1, 0.15) is 0 Å². The zero-order valence-corrected chi connectivity index (χ0v) is 9.13. The Kier molecular flexibility index (Phi) is 4.52. The molecule has 1 nitrogen and oxygen atoms in total. The van der Waals surface area contributed by atoms with E-state index in [2.05, 4.69) is 19.0 Å². The Morgan fingerprint density at radius 2 is 1.82 bits per heavy atom. The molecule has 0 radical (unpaired) electrons. The fourth-order valence-electron chi connectivity index (χ4n) is 2.00. The first-order valence-electron chi connectivity index (χ1n) is 4.94. The molecule has 11 heavy (non-hydrogen) atoms. The molecule has 0 aromatic rings. The topological polar surface area (TPSA) is 3.24 Å². The average Bonchev–Trinajstić information content (AvgIpc) is 2.39. The molecule has 0 bridgehead atoms. The van der Waals surface area contributed by atoms with Gasteiger partial charge in [0.15, 0.2) is 0 Å². The van der Waals surface area contributed by atoms with E-state index >= 15 is 0 Å². The Bertz CT molecular complexity index is 97.7. The summed E-state index contributed by atoms with van der Waals surface area (Å²) in [7, 11) is 4.35. The van der Waals surface area contributed by atoms with Crippen LogP contribution in [0, 0.1) is 0 Å². The molecule has 0 amide bonds. The lowest BCUT2D eigenvalue weighted by Crippen LogP contribution is -2.15. The summed E-state index contributed by atoms with van der Waals surface area (Å²) in [4.78, 5) is 2.31. The number of hydrogen-bond acceptors (Lipinski definition) is 1. The van der Waals surface area contributed by atoms with E-state index in [-0.39, 0.29) is 14.1 Å². The quantitative estimate of drug-likeness (QED) is 0.583. The van der Waals surface area contributed by atoms with Crippen LogP contribution in [-0.2, 0) is 0 Å². The van der Waals surface area contributed by atoms with E-state index in [4.69, 9.17) is 0 Å². The largest absolute Gasteiger partial charge is 0.309 e. The minimum atomic E-state index is -0.167. The number of nitrogens with zero attached hydrogens (tertiary/aromatic N) is 1. The molecule has 1 fully saturated rings. The van der Waals surface area contributed by atoms with Crippen LogP contribution in [0.4, 0.5) is 0 Å². The van der Waals surface area contributed by atoms with E-state index in [1.165, 1.54) is 13.0 Å². The van der Waals surface area contributed by atoms with Gasteiger partial charge >= 0.3 is 0 Å². The van der Waals surface area contributed by atoms with Gasteiger partial charge in [0.05, 0.1) is 0 Å². The molecule has 0 aliphatic carbocycles. The van der Waals surface area contributed by atoms with E-state index in [0.29, 0.717) is 0 Å². The summed E-state index contributed by atoms with van der Waals surface area (Å²) in [5, 5.41) is 4.90. The Morgan fingerprint density at radius 3 is 2.36 bits per heavy atom. The van der Waals surface area contributed by atoms with Crippen LogP contribution in [0.2, 0.25) is 15.8 Å². The highest BCUT2D eigenvalue weighted by Crippen LogP contribution is 2.22. The zero-order valence-electron chi connectivity index (χ0n) is 7.97. The summed E-state index contributed by atoms with van der Waals surface area (Å²) in [6.07, 6.45) is 4.57. The lowest BCUT2D eigenvalue weighted by molar-refractivity contribution is 0.408. The first-order valence-corrected chi connectivity index (χ1v) is 7.38. The van der Waals surface area contributed by atoms with Crippen molar-refractivity contribution < 1.29 is 0 Å². The monoisotopic (exact) mass is 169 g/mol. The second-order valence-corrected chi connectivity index (χ2v) is 7.56. The summed E-state index contributed by atoms with van der Waals surface area (Å²) in [5.41, 5.74) is 0. The molecular formula is C9H20AlN. The van der Waals surface area contributed by atoms with Gasteiger partial charge in [-0.05, 0) is 20.6 Å². The van der Waals surface area contributed by atoms with Crippen LogP contribution in [0.5, 0.6) is 0 Å². The van der Waals surface area contributed by atoms with Crippen molar-refractivity contribution in [1.29, 1.82) is 0 Å². The van der Waals surface area contributed by atoms with Crippen LogP contribution >= 0.6 is 0 Å². The lowest BCUT2D eigenvalue weighted by atomic mass is 10.4. The minimum Gasteiger partial charge on any atom is -0.309 e. The molecule has 0 saturated carbocycles. The van der Waals surface area contributed by atoms with Crippen LogP contribution in [0.15, 0.2) is 0 Å². The molecular weight excluding hydrogens is 149 g/mol. The van der Waals surface area contributed by atoms with Crippen molar-refractivity contribution in [1.82, 2.24) is 4.90 Å². The van der Waals surface area contributed by atoms with Crippen molar-refractivity contribution >= 4 is 14.1 Å². The summed E-state index contributed by atoms with van der Waals surface area (Å²) in [5.74, 6) is 0. The van der Waals surface area contributed by atoms with Gasteiger partial charge in [-0.15, -0.1) is 0 Å². The summed E-state index contributed by atoms with van der Waals surface area (Å²) in [6, 6.07) is 0. The van der Waals surface area contributed by atoms with Crippen LogP contribution in [0.1, 0.15) is 19.3 Å². The van der Waals surface area contributed by atoms with Gasteiger partial charge in [-0.2, -0.15) is 0 Å². The Hall–Kier alpha value is 0.492. The average molecular weight is 169 g/mol. The minimum absolute atomic E-state index is 0.167. The maximum atomic E-state index is 2.31. The maximum Gasteiger partial charge on any atom is 0.261 e. The molecule has 1 heterocycles.